The summed E-state index contributed by atoms with van der Waals surface area (Å²) in [4.78, 5) is 0. The summed E-state index contributed by atoms with van der Waals surface area (Å²) >= 11 is 1.76. The number of rotatable bonds is 0. The number of allylic oxidation sites excluding steroid dienone is 1. The van der Waals surface area contributed by atoms with Gasteiger partial charge in [-0.05, 0) is 91.8 Å². The fourth-order valence-electron chi connectivity index (χ4n) is 4.39. The maximum atomic E-state index is 2.44. The predicted molar refractivity (Wildman–Crippen MR) is 141 cm³/mol. The van der Waals surface area contributed by atoms with Crippen LogP contribution in [0.2, 0.25) is 0 Å². The first kappa shape index (κ1) is 16.3. The highest BCUT2D eigenvalue weighted by Crippen LogP contribution is 2.71. The molecular formula is C21H12I4. The van der Waals surface area contributed by atoms with Crippen LogP contribution in [-0.4, -0.2) is 0 Å². The minimum absolute atomic E-state index is 0.0794. The molecule has 0 unspecified atom stereocenters. The lowest BCUT2D eigenvalue weighted by Crippen LogP contribution is -2.25. The SMILES string of the molecule is c1ccc2c(c1)C1=C(I=II=I1)C21c2ccccc2-c2ccccc21. The maximum Gasteiger partial charge on any atom is 0.0787 e. The van der Waals surface area contributed by atoms with Crippen LogP contribution in [0.3, 0.4) is 0 Å². The molecule has 4 heteroatoms. The van der Waals surface area contributed by atoms with Crippen molar-refractivity contribution < 1.29 is 0 Å². The molecule has 0 N–H and O–H groups in total. The average molecular weight is 772 g/mol. The Labute approximate surface area is 174 Å². The van der Waals surface area contributed by atoms with Gasteiger partial charge in [0.1, 0.15) is 0 Å². The fraction of sp³-hybridized carbons (Fsp3) is 0.0476. The van der Waals surface area contributed by atoms with E-state index in [-0.39, 0.29) is 22.0 Å². The van der Waals surface area contributed by atoms with E-state index in [0.717, 1.165) is 0 Å². The molecule has 1 spiro atoms. The highest BCUT2D eigenvalue weighted by molar-refractivity contribution is 15.4. The summed E-state index contributed by atoms with van der Waals surface area (Å²) < 4.78 is 3.78. The molecule has 25 heavy (non-hydrogen) atoms. The molecule has 0 radical (unpaired) electrons. The van der Waals surface area contributed by atoms with Gasteiger partial charge in [-0.15, -0.1) is 0 Å². The van der Waals surface area contributed by atoms with Crippen molar-refractivity contribution in [1.29, 1.82) is 0 Å². The summed E-state index contributed by atoms with van der Waals surface area (Å²) in [5.74, 6) is 0. The Bertz CT molecular complexity index is 1110. The van der Waals surface area contributed by atoms with Gasteiger partial charge in [-0.2, -0.15) is 0 Å². The van der Waals surface area contributed by atoms with Gasteiger partial charge in [0.05, 0.1) is 5.41 Å². The van der Waals surface area contributed by atoms with E-state index in [2.05, 4.69) is 72.8 Å². The van der Waals surface area contributed by atoms with E-state index >= 15 is 0 Å². The molecule has 3 aliphatic rings. The van der Waals surface area contributed by atoms with E-state index in [0.29, 0.717) is 41.8 Å². The van der Waals surface area contributed by atoms with E-state index < -0.39 is 0 Å². The second-order valence-corrected chi connectivity index (χ2v) is 47.2. The second kappa shape index (κ2) is 6.16. The summed E-state index contributed by atoms with van der Waals surface area (Å²) in [5.41, 5.74) is 9.40. The Morgan fingerprint density at radius 3 is 1.64 bits per heavy atom. The van der Waals surface area contributed by atoms with Gasteiger partial charge in [0.15, 0.2) is 0 Å². The smallest absolute Gasteiger partial charge is 0.0619 e. The minimum Gasteiger partial charge on any atom is -0.0619 e. The summed E-state index contributed by atoms with van der Waals surface area (Å²) in [6.45, 7) is 0. The summed E-state index contributed by atoms with van der Waals surface area (Å²) in [6.07, 6.45) is 0. The van der Waals surface area contributed by atoms with Crippen molar-refractivity contribution in [3.63, 3.8) is 0 Å². The average Bonchev–Trinajstić information content (AvgIpc) is 3.16. The van der Waals surface area contributed by atoms with Crippen LogP contribution in [0, 0.1) is 0 Å². The molecule has 0 fully saturated rings. The van der Waals surface area contributed by atoms with Crippen molar-refractivity contribution in [2.24, 2.45) is 0 Å². The molecular weight excluding hydrogens is 760 g/mol. The van der Waals surface area contributed by atoms with Crippen molar-refractivity contribution >= 4 is 62.0 Å². The van der Waals surface area contributed by atoms with Gasteiger partial charge in [0.2, 0.25) is 0 Å². The third kappa shape index (κ3) is 2.08. The van der Waals surface area contributed by atoms with Crippen molar-refractivity contribution in [2.75, 3.05) is 0 Å². The van der Waals surface area contributed by atoms with Crippen LogP contribution < -0.4 is 0 Å². The van der Waals surface area contributed by atoms with Crippen LogP contribution in [0.1, 0.15) is 22.3 Å². The monoisotopic (exact) mass is 772 g/mol. The van der Waals surface area contributed by atoms with Gasteiger partial charge in [-0.25, -0.2) is 0 Å². The van der Waals surface area contributed by atoms with E-state index in [4.69, 9.17) is 0 Å². The molecule has 0 aromatic heterocycles. The van der Waals surface area contributed by atoms with Crippen LogP contribution in [0.25, 0.3) is 14.7 Å². The molecule has 0 amide bonds. The maximum absolute atomic E-state index is 2.44. The molecule has 1 heterocycles. The fourth-order valence-corrected chi connectivity index (χ4v) is 77.7. The number of hydrogen-bond donors (Lipinski definition) is 0. The third-order valence-corrected chi connectivity index (χ3v) is 72.6. The minimum atomic E-state index is 0.0794. The highest BCUT2D eigenvalue weighted by Gasteiger charge is 2.52. The molecule has 6 rings (SSSR count). The number of hydrogen-bond acceptors (Lipinski definition) is 0. The predicted octanol–water partition coefficient (Wildman–Crippen LogP) is 8.33. The molecule has 124 valence electrons. The van der Waals surface area contributed by atoms with Gasteiger partial charge in [0.25, 0.3) is 0 Å². The summed E-state index contributed by atoms with van der Waals surface area (Å²) in [5, 5.41) is 0. The lowest BCUT2D eigenvalue weighted by atomic mass is 9.74. The number of benzene rings is 3. The van der Waals surface area contributed by atoms with Gasteiger partial charge >= 0.3 is 0 Å². The van der Waals surface area contributed by atoms with E-state index in [1.165, 1.54) is 11.1 Å². The van der Waals surface area contributed by atoms with E-state index in [1.54, 1.807) is 22.3 Å². The molecule has 0 atom stereocenters. The zero-order chi connectivity index (χ0) is 16.4. The Morgan fingerprint density at radius 1 is 0.520 bits per heavy atom. The van der Waals surface area contributed by atoms with Crippen LogP contribution in [0.15, 0.2) is 76.4 Å². The first-order valence-electron chi connectivity index (χ1n) is 8.04. The van der Waals surface area contributed by atoms with Crippen molar-refractivity contribution in [3.05, 3.63) is 98.6 Å². The zero-order valence-electron chi connectivity index (χ0n) is 12.9. The topological polar surface area (TPSA) is 0 Å². The van der Waals surface area contributed by atoms with Crippen molar-refractivity contribution in [3.8, 4) is 11.1 Å². The van der Waals surface area contributed by atoms with Gasteiger partial charge in [-0.1, -0.05) is 72.8 Å². The van der Waals surface area contributed by atoms with Crippen molar-refractivity contribution in [1.82, 2.24) is 0 Å². The van der Waals surface area contributed by atoms with E-state index in [1.807, 2.05) is 7.16 Å². The molecule has 0 saturated heterocycles. The molecule has 0 nitrogen and oxygen atoms in total. The largest absolute Gasteiger partial charge is 0.0787 e. The Hall–Kier alpha value is 0.320. The second-order valence-electron chi connectivity index (χ2n) is 6.27. The van der Waals surface area contributed by atoms with E-state index in [9.17, 15) is 0 Å². The lowest BCUT2D eigenvalue weighted by Gasteiger charge is -2.30. The Morgan fingerprint density at radius 2 is 1.00 bits per heavy atom. The molecule has 0 saturated carbocycles. The Balaban J connectivity index is 1.86. The third-order valence-electron chi connectivity index (χ3n) is 5.26. The normalized spacial score (nSPS) is 18.7. The van der Waals surface area contributed by atoms with Crippen LogP contribution in [0.5, 0.6) is 0 Å². The number of halogens is 4. The Kier molecular flexibility index (Phi) is 4.02. The molecule has 3 aromatic rings. The van der Waals surface area contributed by atoms with Gasteiger partial charge in [0, 0.05) is 7.16 Å². The molecule has 2 aliphatic carbocycles. The summed E-state index contributed by atoms with van der Waals surface area (Å²) in [7, 11) is 0. The quantitative estimate of drug-likeness (QED) is 0.202. The van der Waals surface area contributed by atoms with Crippen molar-refractivity contribution in [2.45, 2.75) is 5.41 Å². The standard InChI is InChI=1S/C21H12I4/c1-4-10-16-13(7-1)14-8-2-5-11-17(14)21(16)18-12-6-3-9-15(18)19-20(21)23-25-24-22-19/h1-12H. The van der Waals surface area contributed by atoms with Crippen LogP contribution in [-0.2, 0) is 5.41 Å². The van der Waals surface area contributed by atoms with Crippen LogP contribution >= 0.6 is 58.4 Å². The van der Waals surface area contributed by atoms with Gasteiger partial charge < -0.3 is 0 Å². The molecule has 1 aliphatic heterocycles. The zero-order valence-corrected chi connectivity index (χ0v) is 21.6. The first-order valence-corrected chi connectivity index (χ1v) is 29.1. The van der Waals surface area contributed by atoms with Crippen LogP contribution in [0.4, 0.5) is 0 Å². The highest BCUT2D eigenvalue weighted by atomic mass is 128. The number of fused-ring (bicyclic) bond motifs is 9. The first-order chi connectivity index (χ1) is 12.4. The lowest BCUT2D eigenvalue weighted by molar-refractivity contribution is 0.815. The molecule has 0 bridgehead atoms. The summed E-state index contributed by atoms with van der Waals surface area (Å²) in [6, 6.07) is 27.9. The molecule has 3 aromatic carbocycles. The van der Waals surface area contributed by atoms with Gasteiger partial charge in [-0.3, -0.25) is 0 Å².